The highest BCUT2D eigenvalue weighted by Gasteiger charge is 2.36. The van der Waals surface area contributed by atoms with E-state index in [2.05, 4.69) is 6.92 Å². The average Bonchev–Trinajstić information content (AvgIpc) is 3.09. The summed E-state index contributed by atoms with van der Waals surface area (Å²) in [6, 6.07) is 11.4. The Morgan fingerprint density at radius 3 is 2.26 bits per heavy atom. The lowest BCUT2D eigenvalue weighted by Crippen LogP contribution is -2.46. The third-order valence-corrected chi connectivity index (χ3v) is 8.13. The van der Waals surface area contributed by atoms with Crippen LogP contribution in [-0.4, -0.2) is 42.9 Å². The van der Waals surface area contributed by atoms with Crippen molar-refractivity contribution in [3.63, 3.8) is 0 Å². The fourth-order valence-corrected chi connectivity index (χ4v) is 5.79. The summed E-state index contributed by atoms with van der Waals surface area (Å²) in [4.78, 5) is 15.1. The fraction of sp³-hybridized carbons (Fsp3) is 0.458. The summed E-state index contributed by atoms with van der Waals surface area (Å²) in [6.07, 6.45) is 0.639. The molecule has 0 bridgehead atoms. The second-order valence-corrected chi connectivity index (χ2v) is 10.9. The highest BCUT2D eigenvalue weighted by atomic mass is 35.5. The minimum Gasteiger partial charge on any atom is -0.481 e. The molecule has 0 radical (unpaired) electrons. The molecule has 1 saturated heterocycles. The van der Waals surface area contributed by atoms with Crippen LogP contribution in [0, 0.1) is 13.8 Å². The molecule has 0 saturated carbocycles. The van der Waals surface area contributed by atoms with Crippen LogP contribution in [0.3, 0.4) is 0 Å². The Kier molecular flexibility index (Phi) is 7.32. The number of sulfone groups is 1. The highest BCUT2D eigenvalue weighted by molar-refractivity contribution is 7.91. The summed E-state index contributed by atoms with van der Waals surface area (Å²) < 4.78 is 30.1. The van der Waals surface area contributed by atoms with Crippen LogP contribution in [0.15, 0.2) is 36.4 Å². The lowest BCUT2D eigenvalue weighted by molar-refractivity contribution is -0.140. The van der Waals surface area contributed by atoms with Crippen LogP contribution in [0.1, 0.15) is 42.5 Å². The zero-order valence-electron chi connectivity index (χ0n) is 18.5. The Bertz CT molecular complexity index is 1030. The van der Waals surface area contributed by atoms with Crippen LogP contribution in [0.2, 0.25) is 5.02 Å². The number of ether oxygens (including phenoxy) is 1. The van der Waals surface area contributed by atoms with Gasteiger partial charge in [-0.3, -0.25) is 4.79 Å². The van der Waals surface area contributed by atoms with E-state index in [0.29, 0.717) is 23.7 Å². The van der Waals surface area contributed by atoms with Gasteiger partial charge in [-0.2, -0.15) is 0 Å². The molecule has 0 N–H and O–H groups in total. The van der Waals surface area contributed by atoms with Crippen LogP contribution in [0.4, 0.5) is 0 Å². The maximum atomic E-state index is 13.4. The number of hydrogen-bond donors (Lipinski definition) is 0. The van der Waals surface area contributed by atoms with E-state index >= 15 is 0 Å². The number of carbonyl (C=O) groups excluding carboxylic acids is 1. The van der Waals surface area contributed by atoms with E-state index in [1.807, 2.05) is 50.2 Å². The molecule has 168 valence electrons. The first-order valence-corrected chi connectivity index (χ1v) is 12.8. The molecule has 1 fully saturated rings. The number of benzene rings is 2. The standard InChI is InChI=1S/C24H30ClNO4S/c1-5-19-6-8-20(9-7-19)14-26(21-10-11-31(28,29)15-21)24(27)18(4)30-22-12-16(2)23(25)17(3)13-22/h6-9,12-13,18,21H,5,10-11,14-15H2,1-4H3/t18-,21-/m1/s1. The van der Waals surface area contributed by atoms with Crippen LogP contribution < -0.4 is 4.74 Å². The number of halogens is 1. The monoisotopic (exact) mass is 463 g/mol. The summed E-state index contributed by atoms with van der Waals surface area (Å²) in [7, 11) is -3.13. The second-order valence-electron chi connectivity index (χ2n) is 8.32. The molecule has 7 heteroatoms. The summed E-state index contributed by atoms with van der Waals surface area (Å²) in [6.45, 7) is 7.94. The lowest BCUT2D eigenvalue weighted by Gasteiger charge is -2.31. The van der Waals surface area contributed by atoms with E-state index in [0.717, 1.165) is 23.1 Å². The predicted octanol–water partition coefficient (Wildman–Crippen LogP) is 4.50. The normalized spacial score (nSPS) is 18.5. The molecule has 3 rings (SSSR count). The molecule has 1 amide bonds. The van der Waals surface area contributed by atoms with Gasteiger partial charge in [-0.25, -0.2) is 8.42 Å². The van der Waals surface area contributed by atoms with Crippen molar-refractivity contribution >= 4 is 27.3 Å². The van der Waals surface area contributed by atoms with Crippen LogP contribution in [0.5, 0.6) is 5.75 Å². The molecule has 1 aliphatic rings. The third-order valence-electron chi connectivity index (χ3n) is 5.79. The Morgan fingerprint density at radius 1 is 1.16 bits per heavy atom. The molecule has 0 aromatic heterocycles. The van der Waals surface area contributed by atoms with Gasteiger partial charge in [0, 0.05) is 17.6 Å². The average molecular weight is 464 g/mol. The van der Waals surface area contributed by atoms with Crippen molar-refractivity contribution in [3.8, 4) is 5.75 Å². The van der Waals surface area contributed by atoms with E-state index < -0.39 is 15.9 Å². The molecule has 2 aromatic carbocycles. The minimum absolute atomic E-state index is 0.00232. The molecule has 0 unspecified atom stereocenters. The molecule has 1 heterocycles. The number of carbonyl (C=O) groups is 1. The molecule has 31 heavy (non-hydrogen) atoms. The summed E-state index contributed by atoms with van der Waals surface area (Å²) in [5, 5.41) is 0.680. The van der Waals surface area contributed by atoms with Crippen molar-refractivity contribution < 1.29 is 17.9 Å². The Labute approximate surface area is 190 Å². The lowest BCUT2D eigenvalue weighted by atomic mass is 10.1. The van der Waals surface area contributed by atoms with E-state index in [9.17, 15) is 13.2 Å². The SMILES string of the molecule is CCc1ccc(CN(C(=O)[C@@H](C)Oc2cc(C)c(Cl)c(C)c2)[C@@H]2CCS(=O)(=O)C2)cc1. The minimum atomic E-state index is -3.13. The number of hydrogen-bond acceptors (Lipinski definition) is 4. The smallest absolute Gasteiger partial charge is 0.263 e. The van der Waals surface area contributed by atoms with Crippen LogP contribution in [0.25, 0.3) is 0 Å². The Balaban J connectivity index is 1.82. The number of rotatable bonds is 7. The summed E-state index contributed by atoms with van der Waals surface area (Å²) in [5.41, 5.74) is 3.95. The fourth-order valence-electron chi connectivity index (χ4n) is 3.95. The van der Waals surface area contributed by atoms with Crippen molar-refractivity contribution in [1.82, 2.24) is 4.90 Å². The molecule has 5 nitrogen and oxygen atoms in total. The van der Waals surface area contributed by atoms with Gasteiger partial charge in [-0.05, 0) is 68.0 Å². The molecular weight excluding hydrogens is 434 g/mol. The van der Waals surface area contributed by atoms with Gasteiger partial charge in [-0.1, -0.05) is 42.8 Å². The van der Waals surface area contributed by atoms with E-state index in [1.165, 1.54) is 5.56 Å². The Hall–Kier alpha value is -2.05. The number of aryl methyl sites for hydroxylation is 3. The van der Waals surface area contributed by atoms with Gasteiger partial charge < -0.3 is 9.64 Å². The predicted molar refractivity (Wildman–Crippen MR) is 124 cm³/mol. The molecule has 2 aromatic rings. The van der Waals surface area contributed by atoms with Gasteiger partial charge in [-0.15, -0.1) is 0 Å². The van der Waals surface area contributed by atoms with Gasteiger partial charge in [0.25, 0.3) is 5.91 Å². The largest absolute Gasteiger partial charge is 0.481 e. The van der Waals surface area contributed by atoms with Gasteiger partial charge in [0.1, 0.15) is 5.75 Å². The van der Waals surface area contributed by atoms with E-state index in [-0.39, 0.29) is 23.5 Å². The first kappa shape index (κ1) is 23.6. The molecule has 0 spiro atoms. The first-order valence-electron chi connectivity index (χ1n) is 10.6. The second kappa shape index (κ2) is 9.61. The van der Waals surface area contributed by atoms with Crippen molar-refractivity contribution in [2.45, 2.75) is 59.2 Å². The number of amides is 1. The Morgan fingerprint density at radius 2 is 1.74 bits per heavy atom. The van der Waals surface area contributed by atoms with Gasteiger partial charge in [0.05, 0.1) is 11.5 Å². The molecule has 2 atom stereocenters. The van der Waals surface area contributed by atoms with E-state index in [1.54, 1.807) is 11.8 Å². The van der Waals surface area contributed by atoms with Crippen molar-refractivity contribution in [2.75, 3.05) is 11.5 Å². The third kappa shape index (κ3) is 5.80. The zero-order chi connectivity index (χ0) is 22.8. The summed E-state index contributed by atoms with van der Waals surface area (Å²) in [5.74, 6) is 0.470. The molecule has 0 aliphatic carbocycles. The zero-order valence-corrected chi connectivity index (χ0v) is 20.1. The number of nitrogens with zero attached hydrogens (tertiary/aromatic N) is 1. The summed E-state index contributed by atoms with van der Waals surface area (Å²) >= 11 is 6.24. The van der Waals surface area contributed by atoms with Gasteiger partial charge >= 0.3 is 0 Å². The molecular formula is C24H30ClNO4S. The topological polar surface area (TPSA) is 63.7 Å². The van der Waals surface area contributed by atoms with Crippen LogP contribution in [-0.2, 0) is 27.6 Å². The van der Waals surface area contributed by atoms with E-state index in [4.69, 9.17) is 16.3 Å². The van der Waals surface area contributed by atoms with Crippen molar-refractivity contribution in [1.29, 1.82) is 0 Å². The maximum Gasteiger partial charge on any atom is 0.263 e. The first-order chi connectivity index (χ1) is 14.6. The van der Waals surface area contributed by atoms with Gasteiger partial charge in [0.15, 0.2) is 15.9 Å². The van der Waals surface area contributed by atoms with Crippen molar-refractivity contribution in [2.24, 2.45) is 0 Å². The van der Waals surface area contributed by atoms with Crippen molar-refractivity contribution in [3.05, 3.63) is 63.7 Å². The quantitative estimate of drug-likeness (QED) is 0.606. The van der Waals surface area contributed by atoms with Crippen LogP contribution >= 0.6 is 11.6 Å². The van der Waals surface area contributed by atoms with Gasteiger partial charge in [0.2, 0.25) is 0 Å². The molecule has 1 aliphatic heterocycles. The highest BCUT2D eigenvalue weighted by Crippen LogP contribution is 2.27. The maximum absolute atomic E-state index is 13.4.